The summed E-state index contributed by atoms with van der Waals surface area (Å²) in [5.41, 5.74) is 1.81. The van der Waals surface area contributed by atoms with E-state index in [1.807, 2.05) is 24.3 Å². The Bertz CT molecular complexity index is 1060. The van der Waals surface area contributed by atoms with Crippen LogP contribution in [0.1, 0.15) is 22.8 Å². The molecule has 1 aromatic heterocycles. The quantitative estimate of drug-likeness (QED) is 0.632. The molecule has 7 heteroatoms. The van der Waals surface area contributed by atoms with E-state index in [-0.39, 0.29) is 17.0 Å². The van der Waals surface area contributed by atoms with Gasteiger partial charge in [0.15, 0.2) is 0 Å². The summed E-state index contributed by atoms with van der Waals surface area (Å²) in [6, 6.07) is 17.5. The van der Waals surface area contributed by atoms with Crippen molar-refractivity contribution in [1.82, 2.24) is 4.57 Å². The highest BCUT2D eigenvalue weighted by atomic mass is 79.9. The number of pyridine rings is 1. The maximum atomic E-state index is 12.7. The van der Waals surface area contributed by atoms with Crippen molar-refractivity contribution >= 4 is 39.1 Å². The second-order valence-electron chi connectivity index (χ2n) is 6.19. The van der Waals surface area contributed by atoms with Gasteiger partial charge >= 0.3 is 0 Å². The molecule has 1 heterocycles. The molecule has 0 spiro atoms. The van der Waals surface area contributed by atoms with Crippen LogP contribution in [-0.4, -0.2) is 16.4 Å². The smallest absolute Gasteiger partial charge is 0.263 e. The number of amides is 2. The van der Waals surface area contributed by atoms with Crippen LogP contribution in [0.4, 0.5) is 11.4 Å². The lowest BCUT2D eigenvalue weighted by Crippen LogP contribution is -2.29. The van der Waals surface area contributed by atoms with Crippen LogP contribution in [0.3, 0.4) is 0 Å². The molecule has 0 radical (unpaired) electrons. The fourth-order valence-corrected chi connectivity index (χ4v) is 2.92. The van der Waals surface area contributed by atoms with Gasteiger partial charge in [-0.15, -0.1) is 0 Å². The molecule has 0 unspecified atom stereocenters. The summed E-state index contributed by atoms with van der Waals surface area (Å²) in [5, 5.41) is 5.36. The van der Waals surface area contributed by atoms with Crippen LogP contribution in [0.5, 0.6) is 0 Å². The third-order valence-corrected chi connectivity index (χ3v) is 4.52. The second-order valence-corrected chi connectivity index (χ2v) is 7.11. The number of nitrogens with zero attached hydrogens (tertiary/aromatic N) is 1. The molecule has 2 N–H and O–H groups in total. The van der Waals surface area contributed by atoms with E-state index >= 15 is 0 Å². The fourth-order valence-electron chi connectivity index (χ4n) is 2.66. The fraction of sp³-hybridized carbons (Fsp3) is 0.0952. The lowest BCUT2D eigenvalue weighted by molar-refractivity contribution is -0.114. The zero-order valence-corrected chi connectivity index (χ0v) is 16.7. The van der Waals surface area contributed by atoms with E-state index in [4.69, 9.17) is 0 Å². The Labute approximate surface area is 170 Å². The number of halogens is 1. The zero-order valence-electron chi connectivity index (χ0n) is 15.1. The summed E-state index contributed by atoms with van der Waals surface area (Å²) in [6.07, 6.45) is 1.66. The van der Waals surface area contributed by atoms with Gasteiger partial charge in [-0.1, -0.05) is 28.1 Å². The average Bonchev–Trinajstić information content (AvgIpc) is 2.66. The van der Waals surface area contributed by atoms with E-state index in [9.17, 15) is 14.4 Å². The number of carbonyl (C=O) groups excluding carboxylic acids is 2. The lowest BCUT2D eigenvalue weighted by atomic mass is 10.2. The van der Waals surface area contributed by atoms with Crippen LogP contribution in [0.15, 0.2) is 76.1 Å². The Balaban J connectivity index is 1.76. The SMILES string of the molecule is CC(=O)Nc1ccc(NC(=O)c2cccn(Cc3ccc(Br)cc3)c2=O)cc1. The molecular weight excluding hydrogens is 422 g/mol. The van der Waals surface area contributed by atoms with Crippen LogP contribution < -0.4 is 16.2 Å². The van der Waals surface area contributed by atoms with Crippen LogP contribution >= 0.6 is 15.9 Å². The monoisotopic (exact) mass is 439 g/mol. The highest BCUT2D eigenvalue weighted by Gasteiger charge is 2.13. The topological polar surface area (TPSA) is 80.2 Å². The van der Waals surface area contributed by atoms with E-state index in [1.54, 1.807) is 36.5 Å². The van der Waals surface area contributed by atoms with Crippen molar-refractivity contribution in [3.63, 3.8) is 0 Å². The number of hydrogen-bond donors (Lipinski definition) is 2. The van der Waals surface area contributed by atoms with Gasteiger partial charge in [-0.3, -0.25) is 14.4 Å². The third-order valence-electron chi connectivity index (χ3n) is 3.99. The first kappa shape index (κ1) is 19.6. The molecule has 0 bridgehead atoms. The average molecular weight is 440 g/mol. The van der Waals surface area contributed by atoms with Crippen molar-refractivity contribution in [2.24, 2.45) is 0 Å². The molecule has 3 aromatic rings. The summed E-state index contributed by atoms with van der Waals surface area (Å²) in [7, 11) is 0. The molecule has 3 rings (SSSR count). The minimum absolute atomic E-state index is 0.0607. The first-order valence-electron chi connectivity index (χ1n) is 8.55. The van der Waals surface area contributed by atoms with Crippen LogP contribution in [0.2, 0.25) is 0 Å². The summed E-state index contributed by atoms with van der Waals surface area (Å²) in [5.74, 6) is -0.658. The molecule has 0 fully saturated rings. The highest BCUT2D eigenvalue weighted by molar-refractivity contribution is 9.10. The minimum atomic E-state index is -0.484. The number of carbonyl (C=O) groups is 2. The maximum absolute atomic E-state index is 12.7. The Hall–Kier alpha value is -3.19. The van der Waals surface area contributed by atoms with Crippen LogP contribution in [-0.2, 0) is 11.3 Å². The number of aromatic nitrogens is 1. The molecule has 2 amide bonds. The molecule has 0 atom stereocenters. The first-order valence-corrected chi connectivity index (χ1v) is 9.34. The lowest BCUT2D eigenvalue weighted by Gasteiger charge is -2.10. The number of nitrogens with one attached hydrogen (secondary N) is 2. The molecule has 2 aromatic carbocycles. The molecule has 0 saturated carbocycles. The van der Waals surface area contributed by atoms with E-state index in [0.29, 0.717) is 17.9 Å². The largest absolute Gasteiger partial charge is 0.326 e. The van der Waals surface area contributed by atoms with Gasteiger partial charge in [-0.05, 0) is 54.1 Å². The molecule has 28 heavy (non-hydrogen) atoms. The predicted octanol–water partition coefficient (Wildman–Crippen LogP) is 3.87. The standard InChI is InChI=1S/C21H18BrN3O3/c1-14(26)23-17-8-10-18(11-9-17)24-20(27)19-3-2-12-25(21(19)28)13-15-4-6-16(22)7-5-15/h2-12H,13H2,1H3,(H,23,26)(H,24,27). The van der Waals surface area contributed by atoms with Crippen molar-refractivity contribution < 1.29 is 9.59 Å². The Morgan fingerprint density at radius 3 is 2.14 bits per heavy atom. The van der Waals surface area contributed by atoms with E-state index in [2.05, 4.69) is 26.6 Å². The van der Waals surface area contributed by atoms with Gasteiger partial charge in [-0.2, -0.15) is 0 Å². The minimum Gasteiger partial charge on any atom is -0.326 e. The predicted molar refractivity (Wildman–Crippen MR) is 113 cm³/mol. The zero-order chi connectivity index (χ0) is 20.1. The van der Waals surface area contributed by atoms with Gasteiger partial charge in [-0.25, -0.2) is 0 Å². The Morgan fingerprint density at radius 2 is 1.54 bits per heavy atom. The molecule has 0 aliphatic heterocycles. The number of rotatable bonds is 5. The Kier molecular flexibility index (Phi) is 6.06. The van der Waals surface area contributed by atoms with Gasteiger partial charge < -0.3 is 15.2 Å². The molecule has 142 valence electrons. The van der Waals surface area contributed by atoms with Crippen LogP contribution in [0, 0.1) is 0 Å². The summed E-state index contributed by atoms with van der Waals surface area (Å²) >= 11 is 3.38. The molecular formula is C21H18BrN3O3. The third kappa shape index (κ3) is 4.95. The van der Waals surface area contributed by atoms with Gasteiger partial charge in [0, 0.05) is 29.0 Å². The van der Waals surface area contributed by atoms with E-state index in [1.165, 1.54) is 17.6 Å². The number of hydrogen-bond acceptors (Lipinski definition) is 3. The second kappa shape index (κ2) is 8.67. The molecule has 0 saturated heterocycles. The van der Waals surface area contributed by atoms with Crippen molar-refractivity contribution in [2.75, 3.05) is 10.6 Å². The van der Waals surface area contributed by atoms with E-state index < -0.39 is 5.91 Å². The molecule has 6 nitrogen and oxygen atoms in total. The maximum Gasteiger partial charge on any atom is 0.263 e. The number of anilines is 2. The van der Waals surface area contributed by atoms with Crippen molar-refractivity contribution in [3.8, 4) is 0 Å². The van der Waals surface area contributed by atoms with Crippen LogP contribution in [0.25, 0.3) is 0 Å². The van der Waals surface area contributed by atoms with Crippen molar-refractivity contribution in [1.29, 1.82) is 0 Å². The van der Waals surface area contributed by atoms with Gasteiger partial charge in [0.05, 0.1) is 6.54 Å². The molecule has 0 aliphatic rings. The summed E-state index contributed by atoms with van der Waals surface area (Å²) in [4.78, 5) is 36.3. The first-order chi connectivity index (χ1) is 13.4. The number of benzene rings is 2. The summed E-state index contributed by atoms with van der Waals surface area (Å²) in [6.45, 7) is 1.79. The van der Waals surface area contributed by atoms with E-state index in [0.717, 1.165) is 10.0 Å². The summed E-state index contributed by atoms with van der Waals surface area (Å²) < 4.78 is 2.46. The normalized spacial score (nSPS) is 10.4. The van der Waals surface area contributed by atoms with Gasteiger partial charge in [0.25, 0.3) is 11.5 Å². The molecule has 0 aliphatic carbocycles. The van der Waals surface area contributed by atoms with Crippen molar-refractivity contribution in [2.45, 2.75) is 13.5 Å². The highest BCUT2D eigenvalue weighted by Crippen LogP contribution is 2.14. The van der Waals surface area contributed by atoms with Gasteiger partial charge in [0.2, 0.25) is 5.91 Å². The Morgan fingerprint density at radius 1 is 0.929 bits per heavy atom. The van der Waals surface area contributed by atoms with Gasteiger partial charge in [0.1, 0.15) is 5.56 Å². The van der Waals surface area contributed by atoms with Crippen molar-refractivity contribution in [3.05, 3.63) is 92.8 Å².